The second kappa shape index (κ2) is 11.0. The Morgan fingerprint density at radius 2 is 1.82 bits per heavy atom. The van der Waals surface area contributed by atoms with E-state index < -0.39 is 0 Å². The average molecular weight is 396 g/mol. The fraction of sp³-hybridized carbons (Fsp3) is 0.905. The Morgan fingerprint density at radius 1 is 1.07 bits per heavy atom. The largest absolute Gasteiger partial charge is 0.450 e. The van der Waals surface area contributed by atoms with Crippen LogP contribution in [0.3, 0.4) is 0 Å². The van der Waals surface area contributed by atoms with Gasteiger partial charge in [0.05, 0.1) is 12.7 Å². The first kappa shape index (κ1) is 21.4. The van der Waals surface area contributed by atoms with E-state index in [-0.39, 0.29) is 18.1 Å². The van der Waals surface area contributed by atoms with E-state index in [0.29, 0.717) is 31.5 Å². The number of nitrogens with one attached hydrogen (secondary N) is 1. The number of nitrogens with zero attached hydrogens (tertiary/aromatic N) is 2. The molecule has 3 aliphatic heterocycles. The third kappa shape index (κ3) is 6.34. The van der Waals surface area contributed by atoms with E-state index >= 15 is 0 Å². The minimum absolute atomic E-state index is 0.169. The molecule has 3 fully saturated rings. The lowest BCUT2D eigenvalue weighted by atomic mass is 9.90. The van der Waals surface area contributed by atoms with E-state index in [1.165, 1.54) is 12.8 Å². The van der Waals surface area contributed by atoms with E-state index in [1.807, 2.05) is 11.8 Å². The summed E-state index contributed by atoms with van der Waals surface area (Å²) in [5.74, 6) is 0.827. The maximum absolute atomic E-state index is 12.1. The van der Waals surface area contributed by atoms with Crippen LogP contribution in [0.4, 0.5) is 4.79 Å². The molecule has 0 radical (unpaired) electrons. The first-order valence-electron chi connectivity index (χ1n) is 11.2. The summed E-state index contributed by atoms with van der Waals surface area (Å²) in [6.07, 6.45) is 8.29. The fourth-order valence-corrected chi connectivity index (χ4v) is 4.69. The van der Waals surface area contributed by atoms with Gasteiger partial charge in [-0.1, -0.05) is 0 Å². The number of likely N-dealkylation sites (tertiary alicyclic amines) is 2. The van der Waals surface area contributed by atoms with Gasteiger partial charge in [-0.3, -0.25) is 4.79 Å². The van der Waals surface area contributed by atoms with E-state index in [2.05, 4.69) is 10.2 Å². The van der Waals surface area contributed by atoms with Gasteiger partial charge in [-0.25, -0.2) is 4.79 Å². The zero-order chi connectivity index (χ0) is 19.8. The van der Waals surface area contributed by atoms with Crippen molar-refractivity contribution in [3.05, 3.63) is 0 Å². The van der Waals surface area contributed by atoms with Crippen molar-refractivity contribution < 1.29 is 19.1 Å². The summed E-state index contributed by atoms with van der Waals surface area (Å²) in [7, 11) is 0. The van der Waals surface area contributed by atoms with Crippen LogP contribution in [-0.4, -0.2) is 79.9 Å². The van der Waals surface area contributed by atoms with Gasteiger partial charge in [0.15, 0.2) is 0 Å². The zero-order valence-corrected chi connectivity index (χ0v) is 17.4. The molecule has 0 aromatic carbocycles. The van der Waals surface area contributed by atoms with Gasteiger partial charge in [-0.05, 0) is 70.9 Å². The molecule has 28 heavy (non-hydrogen) atoms. The third-order valence-electron chi connectivity index (χ3n) is 6.49. The summed E-state index contributed by atoms with van der Waals surface area (Å²) in [6, 6.07) is 0.585. The van der Waals surface area contributed by atoms with Crippen LogP contribution in [0.15, 0.2) is 0 Å². The summed E-state index contributed by atoms with van der Waals surface area (Å²) in [4.78, 5) is 28.3. The molecule has 3 saturated heterocycles. The Morgan fingerprint density at radius 3 is 2.46 bits per heavy atom. The molecule has 3 rings (SSSR count). The highest BCUT2D eigenvalue weighted by molar-refractivity contribution is 5.75. The molecule has 0 spiro atoms. The van der Waals surface area contributed by atoms with E-state index in [1.54, 1.807) is 0 Å². The highest BCUT2D eigenvalue weighted by Crippen LogP contribution is 2.26. The quantitative estimate of drug-likeness (QED) is 0.717. The third-order valence-corrected chi connectivity index (χ3v) is 6.49. The van der Waals surface area contributed by atoms with Crippen LogP contribution in [0.2, 0.25) is 0 Å². The average Bonchev–Trinajstić information content (AvgIpc) is 3.25. The number of rotatable bonds is 7. The second-order valence-corrected chi connectivity index (χ2v) is 8.37. The van der Waals surface area contributed by atoms with Crippen molar-refractivity contribution in [3.63, 3.8) is 0 Å². The van der Waals surface area contributed by atoms with E-state index in [9.17, 15) is 9.59 Å². The van der Waals surface area contributed by atoms with E-state index in [0.717, 1.165) is 64.9 Å². The van der Waals surface area contributed by atoms with Crippen LogP contribution in [0.1, 0.15) is 58.3 Å². The number of carbonyl (C=O) groups excluding carboxylic acids is 2. The Hall–Kier alpha value is -1.34. The maximum Gasteiger partial charge on any atom is 0.409 e. The van der Waals surface area contributed by atoms with Gasteiger partial charge >= 0.3 is 6.09 Å². The Balaban J connectivity index is 1.27. The highest BCUT2D eigenvalue weighted by Gasteiger charge is 2.30. The minimum Gasteiger partial charge on any atom is -0.450 e. The molecule has 1 unspecified atom stereocenters. The molecule has 1 atom stereocenters. The Bertz CT molecular complexity index is 494. The minimum atomic E-state index is -0.169. The van der Waals surface area contributed by atoms with Crippen molar-refractivity contribution in [2.45, 2.75) is 70.4 Å². The van der Waals surface area contributed by atoms with Crippen molar-refractivity contribution in [2.24, 2.45) is 5.92 Å². The molecular weight excluding hydrogens is 358 g/mol. The first-order valence-corrected chi connectivity index (χ1v) is 11.2. The molecule has 0 bridgehead atoms. The van der Waals surface area contributed by atoms with Gasteiger partial charge in [0.25, 0.3) is 0 Å². The summed E-state index contributed by atoms with van der Waals surface area (Å²) in [5.41, 5.74) is 0. The molecule has 7 nitrogen and oxygen atoms in total. The van der Waals surface area contributed by atoms with Gasteiger partial charge in [-0.2, -0.15) is 0 Å². The molecule has 7 heteroatoms. The van der Waals surface area contributed by atoms with Crippen LogP contribution in [0.25, 0.3) is 0 Å². The summed E-state index contributed by atoms with van der Waals surface area (Å²) in [6.45, 7) is 7.63. The molecule has 0 saturated carbocycles. The molecule has 3 aliphatic rings. The molecule has 0 aliphatic carbocycles. The molecule has 0 aromatic heterocycles. The Kier molecular flexibility index (Phi) is 8.40. The van der Waals surface area contributed by atoms with Gasteiger partial charge in [-0.15, -0.1) is 0 Å². The van der Waals surface area contributed by atoms with Crippen LogP contribution < -0.4 is 5.32 Å². The van der Waals surface area contributed by atoms with E-state index in [4.69, 9.17) is 9.47 Å². The highest BCUT2D eigenvalue weighted by atomic mass is 16.6. The topological polar surface area (TPSA) is 71.1 Å². The predicted molar refractivity (Wildman–Crippen MR) is 107 cm³/mol. The number of piperidine rings is 2. The van der Waals surface area contributed by atoms with Crippen LogP contribution in [0, 0.1) is 5.92 Å². The number of ether oxygens (including phenoxy) is 2. The number of amides is 2. The van der Waals surface area contributed by atoms with Crippen molar-refractivity contribution in [1.29, 1.82) is 0 Å². The number of hydrogen-bond donors (Lipinski definition) is 1. The van der Waals surface area contributed by atoms with Gasteiger partial charge in [0.1, 0.15) is 0 Å². The molecule has 2 amide bonds. The fourth-order valence-electron chi connectivity index (χ4n) is 4.69. The van der Waals surface area contributed by atoms with Crippen molar-refractivity contribution >= 4 is 12.0 Å². The zero-order valence-electron chi connectivity index (χ0n) is 17.4. The first-order chi connectivity index (χ1) is 13.7. The van der Waals surface area contributed by atoms with Gasteiger partial charge < -0.3 is 24.6 Å². The summed E-state index contributed by atoms with van der Waals surface area (Å²) < 4.78 is 10.7. The monoisotopic (exact) mass is 395 g/mol. The lowest BCUT2D eigenvalue weighted by Crippen LogP contribution is -2.49. The standard InChI is InChI=1S/C21H37N3O4/c1-2-27-21(26)24-13-9-18(10-14-24)23-11-7-17(8-12-23)5-6-20(25)22-16-19-4-3-15-28-19/h17-19H,2-16H2,1H3,(H,22,25). The van der Waals surface area contributed by atoms with Crippen LogP contribution in [0.5, 0.6) is 0 Å². The summed E-state index contributed by atoms with van der Waals surface area (Å²) in [5, 5.41) is 3.03. The van der Waals surface area contributed by atoms with Crippen molar-refractivity contribution in [1.82, 2.24) is 15.1 Å². The molecule has 0 aromatic rings. The molecular formula is C21H37N3O4. The molecule has 160 valence electrons. The van der Waals surface area contributed by atoms with Crippen LogP contribution >= 0.6 is 0 Å². The SMILES string of the molecule is CCOC(=O)N1CCC(N2CCC(CCC(=O)NCC3CCCO3)CC2)CC1. The molecule has 3 heterocycles. The normalized spacial score (nSPS) is 25.0. The predicted octanol–water partition coefficient (Wildman–Crippen LogP) is 2.39. The summed E-state index contributed by atoms with van der Waals surface area (Å²) >= 11 is 0. The Labute approximate surface area is 169 Å². The lowest BCUT2D eigenvalue weighted by molar-refractivity contribution is -0.122. The number of carbonyl (C=O) groups is 2. The maximum atomic E-state index is 12.1. The smallest absolute Gasteiger partial charge is 0.409 e. The van der Waals surface area contributed by atoms with Gasteiger partial charge in [0.2, 0.25) is 5.91 Å². The van der Waals surface area contributed by atoms with Crippen molar-refractivity contribution in [3.8, 4) is 0 Å². The molecule has 1 N–H and O–H groups in total. The lowest BCUT2D eigenvalue weighted by Gasteiger charge is -2.41. The van der Waals surface area contributed by atoms with Crippen molar-refractivity contribution in [2.75, 3.05) is 45.9 Å². The number of hydrogen-bond acceptors (Lipinski definition) is 5. The van der Waals surface area contributed by atoms with Gasteiger partial charge in [0, 0.05) is 38.7 Å². The second-order valence-electron chi connectivity index (χ2n) is 8.37. The van der Waals surface area contributed by atoms with Crippen LogP contribution in [-0.2, 0) is 14.3 Å².